The monoisotopic (exact) mass is 336 g/mol. The summed E-state index contributed by atoms with van der Waals surface area (Å²) in [4.78, 5) is 25.9. The predicted octanol–water partition coefficient (Wildman–Crippen LogP) is 0.800. The highest BCUT2D eigenvalue weighted by Gasteiger charge is 2.39. The number of rotatable bonds is 6. The fraction of sp³-hybridized carbons (Fsp3) is 0.750. The summed E-state index contributed by atoms with van der Waals surface area (Å²) in [6, 6.07) is -0.399. The number of aromatic nitrogens is 2. The molecule has 1 aliphatic heterocycles. The van der Waals surface area contributed by atoms with E-state index in [0.717, 1.165) is 25.7 Å². The van der Waals surface area contributed by atoms with Crippen LogP contribution in [0.3, 0.4) is 0 Å². The Morgan fingerprint density at radius 2 is 2.04 bits per heavy atom. The lowest BCUT2D eigenvalue weighted by molar-refractivity contribution is -0.151. The highest BCUT2D eigenvalue weighted by Crippen LogP contribution is 2.29. The number of aryl methyl sites for hydroxylation is 1. The molecule has 2 heterocycles. The van der Waals surface area contributed by atoms with Crippen LogP contribution in [0, 0.1) is 12.8 Å². The largest absolute Gasteiger partial charge is 0.423 e. The summed E-state index contributed by atoms with van der Waals surface area (Å²) >= 11 is 0. The van der Waals surface area contributed by atoms with Crippen molar-refractivity contribution in [3.63, 3.8) is 0 Å². The molecular weight excluding hydrogens is 312 g/mol. The molecule has 1 aromatic heterocycles. The van der Waals surface area contributed by atoms with E-state index in [2.05, 4.69) is 15.5 Å². The normalized spacial score (nSPS) is 20.0. The van der Waals surface area contributed by atoms with Gasteiger partial charge < -0.3 is 19.4 Å². The molecule has 0 bridgehead atoms. The fourth-order valence-electron chi connectivity index (χ4n) is 3.40. The summed E-state index contributed by atoms with van der Waals surface area (Å²) in [5.74, 6) is 1.06. The van der Waals surface area contributed by atoms with Gasteiger partial charge in [-0.25, -0.2) is 0 Å². The zero-order valence-corrected chi connectivity index (χ0v) is 14.2. The van der Waals surface area contributed by atoms with Crippen LogP contribution in [0.15, 0.2) is 4.42 Å². The number of ether oxygens (including phenoxy) is 1. The summed E-state index contributed by atoms with van der Waals surface area (Å²) in [5, 5.41) is 10.5. The third-order valence-corrected chi connectivity index (χ3v) is 4.67. The summed E-state index contributed by atoms with van der Waals surface area (Å²) in [6.07, 6.45) is 4.23. The first-order valence-corrected chi connectivity index (χ1v) is 8.49. The van der Waals surface area contributed by atoms with E-state index in [-0.39, 0.29) is 30.4 Å². The molecule has 0 radical (unpaired) electrons. The third-order valence-electron chi connectivity index (χ3n) is 4.67. The van der Waals surface area contributed by atoms with Crippen LogP contribution in [0.2, 0.25) is 0 Å². The van der Waals surface area contributed by atoms with Gasteiger partial charge in [-0.3, -0.25) is 9.59 Å². The molecule has 3 rings (SSSR count). The van der Waals surface area contributed by atoms with Crippen molar-refractivity contribution in [1.29, 1.82) is 0 Å². The van der Waals surface area contributed by atoms with Crippen molar-refractivity contribution in [1.82, 2.24) is 20.4 Å². The van der Waals surface area contributed by atoms with Crippen LogP contribution in [0.25, 0.3) is 0 Å². The minimum Gasteiger partial charge on any atom is -0.423 e. The average Bonchev–Trinajstić information content (AvgIpc) is 3.14. The second-order valence-electron chi connectivity index (χ2n) is 6.61. The first-order valence-electron chi connectivity index (χ1n) is 8.49. The summed E-state index contributed by atoms with van der Waals surface area (Å²) < 4.78 is 10.9. The van der Waals surface area contributed by atoms with Crippen LogP contribution >= 0.6 is 0 Å². The van der Waals surface area contributed by atoms with E-state index in [1.54, 1.807) is 11.8 Å². The molecule has 2 fully saturated rings. The lowest BCUT2D eigenvalue weighted by atomic mass is 9.95. The zero-order chi connectivity index (χ0) is 17.1. The second-order valence-corrected chi connectivity index (χ2v) is 6.61. The minimum absolute atomic E-state index is 0.00517. The number of amides is 2. The highest BCUT2D eigenvalue weighted by atomic mass is 16.5. The summed E-state index contributed by atoms with van der Waals surface area (Å²) in [7, 11) is 0. The molecule has 2 aliphatic rings. The molecule has 1 unspecified atom stereocenters. The van der Waals surface area contributed by atoms with Gasteiger partial charge in [0.1, 0.15) is 12.6 Å². The summed E-state index contributed by atoms with van der Waals surface area (Å²) in [5.41, 5.74) is 0. The van der Waals surface area contributed by atoms with Crippen molar-refractivity contribution in [2.75, 3.05) is 13.1 Å². The zero-order valence-electron chi connectivity index (χ0n) is 14.2. The number of hydrogen-bond acceptors (Lipinski definition) is 6. The molecule has 1 aliphatic carbocycles. The molecule has 8 nitrogen and oxygen atoms in total. The first kappa shape index (κ1) is 16.9. The highest BCUT2D eigenvalue weighted by molar-refractivity contribution is 5.87. The van der Waals surface area contributed by atoms with Crippen LogP contribution in [0.1, 0.15) is 44.4 Å². The second kappa shape index (κ2) is 7.29. The van der Waals surface area contributed by atoms with Gasteiger partial charge in [0, 0.05) is 26.9 Å². The number of nitrogens with one attached hydrogen (secondary N) is 1. The Morgan fingerprint density at radius 3 is 2.62 bits per heavy atom. The van der Waals surface area contributed by atoms with Gasteiger partial charge in [0.15, 0.2) is 0 Å². The standard InChI is InChI=1S/C16H24N4O4/c1-10(21)17-15(12-5-3-4-6-12)16(22)20-7-13(8-20)23-9-14-19-18-11(2)24-14/h12-13,15H,3-9H2,1-2H3,(H,17,21). The lowest BCUT2D eigenvalue weighted by Gasteiger charge is -2.41. The van der Waals surface area contributed by atoms with E-state index in [1.807, 2.05) is 0 Å². The Hall–Kier alpha value is -1.96. The first-order chi connectivity index (χ1) is 11.5. The maximum absolute atomic E-state index is 12.7. The van der Waals surface area contributed by atoms with E-state index in [4.69, 9.17) is 9.15 Å². The van der Waals surface area contributed by atoms with Crippen LogP contribution in [0.4, 0.5) is 0 Å². The molecule has 1 saturated carbocycles. The number of likely N-dealkylation sites (tertiary alicyclic amines) is 1. The van der Waals surface area contributed by atoms with E-state index in [1.165, 1.54) is 6.92 Å². The van der Waals surface area contributed by atoms with E-state index >= 15 is 0 Å². The quantitative estimate of drug-likeness (QED) is 0.825. The molecule has 1 aromatic rings. The van der Waals surface area contributed by atoms with E-state index in [0.29, 0.717) is 24.9 Å². The Labute approximate surface area is 140 Å². The van der Waals surface area contributed by atoms with Gasteiger partial charge in [0.05, 0.1) is 6.10 Å². The Kier molecular flexibility index (Phi) is 5.13. The fourth-order valence-corrected chi connectivity index (χ4v) is 3.40. The van der Waals surface area contributed by atoms with Gasteiger partial charge in [-0.2, -0.15) is 0 Å². The topological polar surface area (TPSA) is 97.6 Å². The van der Waals surface area contributed by atoms with Gasteiger partial charge in [-0.05, 0) is 18.8 Å². The lowest BCUT2D eigenvalue weighted by Crippen LogP contribution is -2.61. The number of carbonyl (C=O) groups is 2. The van der Waals surface area contributed by atoms with Crippen molar-refractivity contribution < 1.29 is 18.7 Å². The van der Waals surface area contributed by atoms with Gasteiger partial charge in [0.25, 0.3) is 0 Å². The van der Waals surface area contributed by atoms with Crippen molar-refractivity contribution in [2.24, 2.45) is 5.92 Å². The maximum atomic E-state index is 12.7. The van der Waals surface area contributed by atoms with Crippen molar-refractivity contribution >= 4 is 11.8 Å². The molecule has 1 N–H and O–H groups in total. The number of hydrogen-bond donors (Lipinski definition) is 1. The summed E-state index contributed by atoms with van der Waals surface area (Å²) in [6.45, 7) is 4.52. The molecule has 1 atom stereocenters. The van der Waals surface area contributed by atoms with Crippen molar-refractivity contribution in [2.45, 2.75) is 58.3 Å². The molecule has 8 heteroatoms. The number of carbonyl (C=O) groups excluding carboxylic acids is 2. The van der Waals surface area contributed by atoms with Gasteiger partial charge >= 0.3 is 0 Å². The Bertz CT molecular complexity index is 591. The van der Waals surface area contributed by atoms with Crippen molar-refractivity contribution in [3.8, 4) is 0 Å². The van der Waals surface area contributed by atoms with Crippen LogP contribution in [-0.4, -0.2) is 52.1 Å². The van der Waals surface area contributed by atoms with Gasteiger partial charge in [-0.15, -0.1) is 10.2 Å². The number of nitrogens with zero attached hydrogens (tertiary/aromatic N) is 3. The molecule has 1 saturated heterocycles. The molecule has 0 aromatic carbocycles. The predicted molar refractivity (Wildman–Crippen MR) is 83.8 cm³/mol. The van der Waals surface area contributed by atoms with Gasteiger partial charge in [-0.1, -0.05) is 12.8 Å². The van der Waals surface area contributed by atoms with Crippen LogP contribution in [0.5, 0.6) is 0 Å². The third kappa shape index (κ3) is 3.92. The van der Waals surface area contributed by atoms with Crippen molar-refractivity contribution in [3.05, 3.63) is 11.8 Å². The smallest absolute Gasteiger partial charge is 0.245 e. The maximum Gasteiger partial charge on any atom is 0.245 e. The molecule has 132 valence electrons. The Morgan fingerprint density at radius 1 is 1.33 bits per heavy atom. The average molecular weight is 336 g/mol. The van der Waals surface area contributed by atoms with E-state index in [9.17, 15) is 9.59 Å². The van der Waals surface area contributed by atoms with E-state index < -0.39 is 6.04 Å². The molecule has 24 heavy (non-hydrogen) atoms. The molecular formula is C16H24N4O4. The van der Waals surface area contributed by atoms with Crippen LogP contribution in [-0.2, 0) is 20.9 Å². The van der Waals surface area contributed by atoms with Gasteiger partial charge in [0.2, 0.25) is 23.6 Å². The van der Waals surface area contributed by atoms with Crippen LogP contribution < -0.4 is 5.32 Å². The SMILES string of the molecule is CC(=O)NC(C(=O)N1CC(OCc2nnc(C)o2)C1)C1CCCC1. The molecule has 0 spiro atoms. The Balaban J connectivity index is 1.47. The molecule has 2 amide bonds. The minimum atomic E-state index is -0.399.